The summed E-state index contributed by atoms with van der Waals surface area (Å²) < 4.78 is 1.09. The average Bonchev–Trinajstić information content (AvgIpc) is 2.87. The molecule has 2 nitrogen and oxygen atoms in total. The molecule has 1 N–H and O–H groups in total. The van der Waals surface area contributed by atoms with Gasteiger partial charge in [0.25, 0.3) is 0 Å². The summed E-state index contributed by atoms with van der Waals surface area (Å²) in [5, 5.41) is 3.70. The third-order valence-corrected chi connectivity index (χ3v) is 4.65. The van der Waals surface area contributed by atoms with Crippen LogP contribution >= 0.6 is 15.9 Å². The SMILES string of the molecule is CC(C)(C)NCC(Cc1cncc(Br)c1)C1CCCC1. The number of nitrogens with one attached hydrogen (secondary N) is 1. The zero-order chi connectivity index (χ0) is 14.6. The fourth-order valence-corrected chi connectivity index (χ4v) is 3.55. The molecule has 1 aromatic rings. The van der Waals surface area contributed by atoms with Crippen LogP contribution in [-0.4, -0.2) is 17.1 Å². The predicted molar refractivity (Wildman–Crippen MR) is 88.8 cm³/mol. The molecule has 0 amide bonds. The summed E-state index contributed by atoms with van der Waals surface area (Å²) in [7, 11) is 0. The molecular weight excluding hydrogens is 312 g/mol. The highest BCUT2D eigenvalue weighted by Gasteiger charge is 2.26. The quantitative estimate of drug-likeness (QED) is 0.849. The van der Waals surface area contributed by atoms with E-state index in [0.29, 0.717) is 0 Å². The van der Waals surface area contributed by atoms with Gasteiger partial charge in [0, 0.05) is 22.4 Å². The molecule has 2 rings (SSSR count). The molecule has 1 aliphatic rings. The molecule has 1 aromatic heterocycles. The molecule has 1 fully saturated rings. The van der Waals surface area contributed by atoms with E-state index >= 15 is 0 Å². The number of nitrogens with zero attached hydrogens (tertiary/aromatic N) is 1. The van der Waals surface area contributed by atoms with Gasteiger partial charge >= 0.3 is 0 Å². The Morgan fingerprint density at radius 1 is 1.30 bits per heavy atom. The molecule has 1 aliphatic carbocycles. The smallest absolute Gasteiger partial charge is 0.0410 e. The molecule has 20 heavy (non-hydrogen) atoms. The molecule has 0 bridgehead atoms. The second-order valence-electron chi connectivity index (χ2n) is 7.15. The van der Waals surface area contributed by atoms with Crippen LogP contribution in [-0.2, 0) is 6.42 Å². The molecule has 0 spiro atoms. The molecular formula is C17H27BrN2. The maximum absolute atomic E-state index is 4.31. The second-order valence-corrected chi connectivity index (χ2v) is 8.07. The van der Waals surface area contributed by atoms with Gasteiger partial charge in [-0.25, -0.2) is 0 Å². The highest BCUT2D eigenvalue weighted by molar-refractivity contribution is 9.10. The van der Waals surface area contributed by atoms with Gasteiger partial charge in [0.1, 0.15) is 0 Å². The van der Waals surface area contributed by atoms with E-state index in [9.17, 15) is 0 Å². The monoisotopic (exact) mass is 338 g/mol. The molecule has 0 radical (unpaired) electrons. The van der Waals surface area contributed by atoms with Crippen molar-refractivity contribution < 1.29 is 0 Å². The maximum Gasteiger partial charge on any atom is 0.0410 e. The minimum Gasteiger partial charge on any atom is -0.312 e. The van der Waals surface area contributed by atoms with Crippen LogP contribution in [0.2, 0.25) is 0 Å². The van der Waals surface area contributed by atoms with Crippen molar-refractivity contribution in [3.05, 3.63) is 28.5 Å². The van der Waals surface area contributed by atoms with Gasteiger partial charge in [0.15, 0.2) is 0 Å². The summed E-state index contributed by atoms with van der Waals surface area (Å²) in [5.74, 6) is 1.61. The zero-order valence-corrected chi connectivity index (χ0v) is 14.5. The summed E-state index contributed by atoms with van der Waals surface area (Å²) in [6, 6.07) is 2.21. The maximum atomic E-state index is 4.31. The molecule has 3 heteroatoms. The van der Waals surface area contributed by atoms with Crippen LogP contribution in [0.1, 0.15) is 52.0 Å². The standard InChI is InChI=1S/C17H27BrN2/c1-17(2,3)20-11-15(14-6-4-5-7-14)8-13-9-16(18)12-19-10-13/h9-10,12,14-15,20H,4-8,11H2,1-3H3. The lowest BCUT2D eigenvalue weighted by molar-refractivity contribution is 0.286. The summed E-state index contributed by atoms with van der Waals surface area (Å²) >= 11 is 3.53. The summed E-state index contributed by atoms with van der Waals surface area (Å²) in [5.41, 5.74) is 1.55. The third kappa shape index (κ3) is 5.17. The number of hydrogen-bond acceptors (Lipinski definition) is 2. The van der Waals surface area contributed by atoms with E-state index in [1.54, 1.807) is 0 Å². The van der Waals surface area contributed by atoms with E-state index in [1.807, 2.05) is 12.4 Å². The first-order valence-corrected chi connectivity index (χ1v) is 8.58. The Morgan fingerprint density at radius 2 is 2.00 bits per heavy atom. The van der Waals surface area contributed by atoms with Crippen LogP contribution < -0.4 is 5.32 Å². The van der Waals surface area contributed by atoms with E-state index in [2.05, 4.69) is 53.1 Å². The van der Waals surface area contributed by atoms with E-state index in [1.165, 1.54) is 31.2 Å². The zero-order valence-electron chi connectivity index (χ0n) is 13.0. The Morgan fingerprint density at radius 3 is 2.60 bits per heavy atom. The Bertz CT molecular complexity index is 419. The van der Waals surface area contributed by atoms with Crippen molar-refractivity contribution in [1.29, 1.82) is 0 Å². The molecule has 1 saturated carbocycles. The first-order chi connectivity index (χ1) is 9.44. The lowest BCUT2D eigenvalue weighted by Crippen LogP contribution is -2.41. The lowest BCUT2D eigenvalue weighted by atomic mass is 9.85. The van der Waals surface area contributed by atoms with Crippen LogP contribution in [0.4, 0.5) is 0 Å². The van der Waals surface area contributed by atoms with Crippen molar-refractivity contribution in [2.45, 2.75) is 58.4 Å². The number of halogens is 1. The Kier molecular flexibility index (Phi) is 5.62. The lowest BCUT2D eigenvalue weighted by Gasteiger charge is -2.29. The normalized spacial score (nSPS) is 18.4. The van der Waals surface area contributed by atoms with Gasteiger partial charge in [-0.3, -0.25) is 4.98 Å². The van der Waals surface area contributed by atoms with Crippen LogP contribution in [0, 0.1) is 11.8 Å². The highest BCUT2D eigenvalue weighted by atomic mass is 79.9. The van der Waals surface area contributed by atoms with Gasteiger partial charge in [0.05, 0.1) is 0 Å². The molecule has 1 unspecified atom stereocenters. The second kappa shape index (κ2) is 7.04. The Balaban J connectivity index is 2.01. The van der Waals surface area contributed by atoms with Gasteiger partial charge in [-0.05, 0) is 73.1 Å². The molecule has 112 valence electrons. The Labute approximate surface area is 131 Å². The molecule has 0 aromatic carbocycles. The van der Waals surface area contributed by atoms with E-state index in [-0.39, 0.29) is 5.54 Å². The van der Waals surface area contributed by atoms with E-state index in [0.717, 1.165) is 29.3 Å². The first kappa shape index (κ1) is 16.0. The van der Waals surface area contributed by atoms with E-state index in [4.69, 9.17) is 0 Å². The number of rotatable bonds is 5. The minimum absolute atomic E-state index is 0.201. The third-order valence-electron chi connectivity index (χ3n) is 4.22. The van der Waals surface area contributed by atoms with Crippen molar-refractivity contribution in [1.82, 2.24) is 10.3 Å². The van der Waals surface area contributed by atoms with Gasteiger partial charge in [-0.1, -0.05) is 25.7 Å². The van der Waals surface area contributed by atoms with E-state index < -0.39 is 0 Å². The molecule has 0 saturated heterocycles. The minimum atomic E-state index is 0.201. The number of aromatic nitrogens is 1. The van der Waals surface area contributed by atoms with Crippen molar-refractivity contribution in [2.24, 2.45) is 11.8 Å². The molecule has 1 heterocycles. The predicted octanol–water partition coefficient (Wildman–Crippen LogP) is 4.58. The van der Waals surface area contributed by atoms with Crippen LogP contribution in [0.15, 0.2) is 22.9 Å². The highest BCUT2D eigenvalue weighted by Crippen LogP contribution is 2.33. The topological polar surface area (TPSA) is 24.9 Å². The Hall–Kier alpha value is -0.410. The van der Waals surface area contributed by atoms with Crippen molar-refractivity contribution >= 4 is 15.9 Å². The van der Waals surface area contributed by atoms with Crippen LogP contribution in [0.25, 0.3) is 0 Å². The van der Waals surface area contributed by atoms with Crippen molar-refractivity contribution in [3.63, 3.8) is 0 Å². The summed E-state index contributed by atoms with van der Waals surface area (Å²) in [4.78, 5) is 4.31. The van der Waals surface area contributed by atoms with Gasteiger partial charge in [-0.15, -0.1) is 0 Å². The van der Waals surface area contributed by atoms with Crippen molar-refractivity contribution in [3.8, 4) is 0 Å². The fourth-order valence-electron chi connectivity index (χ4n) is 3.14. The molecule has 1 atom stereocenters. The fraction of sp³-hybridized carbons (Fsp3) is 0.706. The summed E-state index contributed by atoms with van der Waals surface area (Å²) in [6.07, 6.45) is 10.6. The van der Waals surface area contributed by atoms with Gasteiger partial charge in [0.2, 0.25) is 0 Å². The number of hydrogen-bond donors (Lipinski definition) is 1. The average molecular weight is 339 g/mol. The van der Waals surface area contributed by atoms with Crippen molar-refractivity contribution in [2.75, 3.05) is 6.54 Å². The van der Waals surface area contributed by atoms with Gasteiger partial charge in [-0.2, -0.15) is 0 Å². The largest absolute Gasteiger partial charge is 0.312 e. The van der Waals surface area contributed by atoms with Gasteiger partial charge < -0.3 is 5.32 Å². The number of pyridine rings is 1. The molecule has 0 aliphatic heterocycles. The van der Waals surface area contributed by atoms with Crippen LogP contribution in [0.5, 0.6) is 0 Å². The van der Waals surface area contributed by atoms with Crippen LogP contribution in [0.3, 0.4) is 0 Å². The first-order valence-electron chi connectivity index (χ1n) is 7.78. The summed E-state index contributed by atoms with van der Waals surface area (Å²) in [6.45, 7) is 7.86.